The maximum absolute atomic E-state index is 4.74. The van der Waals surface area contributed by atoms with E-state index in [1.807, 2.05) is 63.5 Å². The molecule has 0 saturated carbocycles. The fourth-order valence-electron chi connectivity index (χ4n) is 3.33. The third-order valence-electron chi connectivity index (χ3n) is 4.84. The molecule has 0 aliphatic rings. The predicted octanol–water partition coefficient (Wildman–Crippen LogP) is 3.00. The molecule has 0 saturated heterocycles. The van der Waals surface area contributed by atoms with Crippen molar-refractivity contribution in [2.75, 3.05) is 5.32 Å². The maximum Gasteiger partial charge on any atom is 0.162 e. The Hall–Kier alpha value is -4.01. The van der Waals surface area contributed by atoms with Crippen molar-refractivity contribution in [3.8, 4) is 16.9 Å². The number of hydrogen-bond acceptors (Lipinski definition) is 6. The van der Waals surface area contributed by atoms with Crippen LogP contribution in [0.2, 0.25) is 0 Å². The van der Waals surface area contributed by atoms with Crippen molar-refractivity contribution < 1.29 is 0 Å². The van der Waals surface area contributed by atoms with Gasteiger partial charge in [-0.1, -0.05) is 35.5 Å². The highest BCUT2D eigenvalue weighted by Crippen LogP contribution is 2.27. The molecule has 9 nitrogen and oxygen atoms in total. The standard InChI is InChI=1S/C20H19N9/c1-13-11-21-26-29(13)17-10-18(24-20-15(17)12-22-28(20)3)23-19-9-16(25-27(19)2)14-7-5-4-6-8-14/h4-12H,1-3H3,(H,23,24). The normalized spacial score (nSPS) is 11.3. The zero-order chi connectivity index (χ0) is 20.0. The molecular weight excluding hydrogens is 366 g/mol. The third-order valence-corrected chi connectivity index (χ3v) is 4.84. The summed E-state index contributed by atoms with van der Waals surface area (Å²) >= 11 is 0. The lowest BCUT2D eigenvalue weighted by Gasteiger charge is -2.10. The van der Waals surface area contributed by atoms with E-state index < -0.39 is 0 Å². The number of nitrogens with zero attached hydrogens (tertiary/aromatic N) is 8. The monoisotopic (exact) mass is 385 g/mol. The van der Waals surface area contributed by atoms with Crippen LogP contribution in [0.1, 0.15) is 5.69 Å². The van der Waals surface area contributed by atoms with Gasteiger partial charge in [0.05, 0.1) is 34.9 Å². The lowest BCUT2D eigenvalue weighted by atomic mass is 10.1. The molecule has 29 heavy (non-hydrogen) atoms. The van der Waals surface area contributed by atoms with E-state index in [1.54, 1.807) is 26.4 Å². The average molecular weight is 385 g/mol. The summed E-state index contributed by atoms with van der Waals surface area (Å²) in [5.74, 6) is 1.51. The average Bonchev–Trinajstić information content (AvgIpc) is 3.42. The summed E-state index contributed by atoms with van der Waals surface area (Å²) in [6, 6.07) is 14.0. The number of pyridine rings is 1. The summed E-state index contributed by atoms with van der Waals surface area (Å²) < 4.78 is 5.34. The maximum atomic E-state index is 4.74. The highest BCUT2D eigenvalue weighted by molar-refractivity contribution is 5.87. The molecule has 0 bridgehead atoms. The van der Waals surface area contributed by atoms with E-state index in [0.717, 1.165) is 39.5 Å². The molecule has 4 aromatic heterocycles. The van der Waals surface area contributed by atoms with Crippen LogP contribution >= 0.6 is 0 Å². The number of nitrogens with one attached hydrogen (secondary N) is 1. The van der Waals surface area contributed by atoms with E-state index in [9.17, 15) is 0 Å². The second kappa shape index (κ2) is 6.55. The van der Waals surface area contributed by atoms with E-state index in [2.05, 4.69) is 25.8 Å². The van der Waals surface area contributed by atoms with Crippen molar-refractivity contribution >= 4 is 22.7 Å². The fraction of sp³-hybridized carbons (Fsp3) is 0.150. The Morgan fingerprint density at radius 2 is 1.79 bits per heavy atom. The first-order chi connectivity index (χ1) is 14.1. The summed E-state index contributed by atoms with van der Waals surface area (Å²) in [5, 5.41) is 21.5. The van der Waals surface area contributed by atoms with Gasteiger partial charge in [0, 0.05) is 31.8 Å². The Morgan fingerprint density at radius 3 is 2.55 bits per heavy atom. The van der Waals surface area contributed by atoms with Gasteiger partial charge in [0.2, 0.25) is 0 Å². The number of rotatable bonds is 4. The quantitative estimate of drug-likeness (QED) is 0.511. The van der Waals surface area contributed by atoms with Crippen LogP contribution < -0.4 is 5.32 Å². The Kier molecular flexibility index (Phi) is 3.87. The van der Waals surface area contributed by atoms with Crippen LogP contribution in [0.3, 0.4) is 0 Å². The predicted molar refractivity (Wildman–Crippen MR) is 110 cm³/mol. The smallest absolute Gasteiger partial charge is 0.162 e. The second-order valence-corrected chi connectivity index (χ2v) is 6.85. The SMILES string of the molecule is Cc1cnnn1-c1cc(Nc2cc(-c3ccccc3)nn2C)nc2c1cnn2C. The van der Waals surface area contributed by atoms with Crippen LogP contribution in [0.5, 0.6) is 0 Å². The first-order valence-electron chi connectivity index (χ1n) is 9.17. The van der Waals surface area contributed by atoms with Crippen molar-refractivity contribution in [1.29, 1.82) is 0 Å². The van der Waals surface area contributed by atoms with E-state index in [1.165, 1.54) is 0 Å². The van der Waals surface area contributed by atoms with Crippen LogP contribution in [0.4, 0.5) is 11.6 Å². The Morgan fingerprint density at radius 1 is 0.966 bits per heavy atom. The number of aromatic nitrogens is 8. The molecule has 0 unspecified atom stereocenters. The molecule has 0 atom stereocenters. The van der Waals surface area contributed by atoms with Gasteiger partial charge in [-0.3, -0.25) is 9.36 Å². The molecule has 0 aliphatic heterocycles. The minimum Gasteiger partial charge on any atom is -0.325 e. The van der Waals surface area contributed by atoms with E-state index in [0.29, 0.717) is 5.82 Å². The minimum atomic E-state index is 0.675. The molecule has 0 spiro atoms. The van der Waals surface area contributed by atoms with Crippen molar-refractivity contribution in [3.63, 3.8) is 0 Å². The molecule has 144 valence electrons. The van der Waals surface area contributed by atoms with Crippen molar-refractivity contribution in [2.24, 2.45) is 14.1 Å². The minimum absolute atomic E-state index is 0.675. The second-order valence-electron chi connectivity index (χ2n) is 6.85. The third kappa shape index (κ3) is 2.92. The van der Waals surface area contributed by atoms with Gasteiger partial charge in [-0.25, -0.2) is 9.67 Å². The van der Waals surface area contributed by atoms with Crippen LogP contribution in [-0.4, -0.2) is 39.5 Å². The molecule has 4 heterocycles. The molecule has 0 amide bonds. The molecular formula is C20H19N9. The lowest BCUT2D eigenvalue weighted by Crippen LogP contribution is -2.05. The summed E-state index contributed by atoms with van der Waals surface area (Å²) in [7, 11) is 3.77. The van der Waals surface area contributed by atoms with Crippen LogP contribution in [-0.2, 0) is 14.1 Å². The van der Waals surface area contributed by atoms with Gasteiger partial charge < -0.3 is 5.32 Å². The van der Waals surface area contributed by atoms with Gasteiger partial charge in [0.1, 0.15) is 11.6 Å². The van der Waals surface area contributed by atoms with Gasteiger partial charge in [0.25, 0.3) is 0 Å². The van der Waals surface area contributed by atoms with Crippen LogP contribution in [0, 0.1) is 6.92 Å². The summed E-state index contributed by atoms with van der Waals surface area (Å²) in [6.07, 6.45) is 3.52. The summed E-state index contributed by atoms with van der Waals surface area (Å²) in [6.45, 7) is 1.96. The van der Waals surface area contributed by atoms with Gasteiger partial charge >= 0.3 is 0 Å². The summed E-state index contributed by atoms with van der Waals surface area (Å²) in [4.78, 5) is 4.74. The molecule has 5 rings (SSSR count). The molecule has 1 aromatic carbocycles. The number of hydrogen-bond donors (Lipinski definition) is 1. The topological polar surface area (TPSA) is 91.3 Å². The fourth-order valence-corrected chi connectivity index (χ4v) is 3.33. The van der Waals surface area contributed by atoms with Crippen LogP contribution in [0.15, 0.2) is 54.9 Å². The molecule has 5 aromatic rings. The molecule has 9 heteroatoms. The zero-order valence-corrected chi connectivity index (χ0v) is 16.3. The van der Waals surface area contributed by atoms with Gasteiger partial charge in [-0.2, -0.15) is 10.2 Å². The van der Waals surface area contributed by atoms with Crippen molar-refractivity contribution in [2.45, 2.75) is 6.92 Å². The molecule has 1 N–H and O–H groups in total. The number of anilines is 2. The Labute approximate surface area is 166 Å². The number of fused-ring (bicyclic) bond motifs is 1. The first-order valence-corrected chi connectivity index (χ1v) is 9.17. The van der Waals surface area contributed by atoms with Crippen molar-refractivity contribution in [3.05, 3.63) is 60.6 Å². The highest BCUT2D eigenvalue weighted by atomic mass is 15.4. The number of benzene rings is 1. The van der Waals surface area contributed by atoms with Gasteiger partial charge in [-0.05, 0) is 6.92 Å². The van der Waals surface area contributed by atoms with Gasteiger partial charge in [-0.15, -0.1) is 5.10 Å². The number of aryl methyl sites for hydroxylation is 3. The first kappa shape index (κ1) is 17.1. The van der Waals surface area contributed by atoms with E-state index >= 15 is 0 Å². The zero-order valence-electron chi connectivity index (χ0n) is 16.3. The Balaban J connectivity index is 1.59. The molecule has 0 fully saturated rings. The molecule has 0 radical (unpaired) electrons. The summed E-state index contributed by atoms with van der Waals surface area (Å²) in [5.41, 5.74) is 4.50. The van der Waals surface area contributed by atoms with Crippen LogP contribution in [0.25, 0.3) is 28.0 Å². The molecule has 0 aliphatic carbocycles. The largest absolute Gasteiger partial charge is 0.325 e. The van der Waals surface area contributed by atoms with E-state index in [-0.39, 0.29) is 0 Å². The lowest BCUT2D eigenvalue weighted by molar-refractivity contribution is 0.775. The Bertz CT molecular complexity index is 1310. The highest BCUT2D eigenvalue weighted by Gasteiger charge is 2.15. The van der Waals surface area contributed by atoms with Crippen molar-refractivity contribution in [1.82, 2.24) is 39.5 Å². The van der Waals surface area contributed by atoms with E-state index in [4.69, 9.17) is 4.98 Å². The van der Waals surface area contributed by atoms with Gasteiger partial charge in [0.15, 0.2) is 5.65 Å².